The molecule has 0 unspecified atom stereocenters. The molecule has 0 saturated heterocycles. The molecule has 3 aromatic rings. The van der Waals surface area contributed by atoms with Crippen LogP contribution in [0.25, 0.3) is 0 Å². The van der Waals surface area contributed by atoms with Crippen molar-refractivity contribution in [1.29, 1.82) is 0 Å². The molecular formula is C38H39BrFNO4. The smallest absolute Gasteiger partial charge is 0.175 e. The monoisotopic (exact) mass is 671 g/mol. The zero-order chi connectivity index (χ0) is 32.1. The molecule has 6 rings (SSSR count). The molecule has 0 radical (unpaired) electrons. The number of allylic oxidation sites excluding steroid dienone is 4. The van der Waals surface area contributed by atoms with Crippen LogP contribution in [0, 0.1) is 16.6 Å². The van der Waals surface area contributed by atoms with Crippen LogP contribution >= 0.6 is 15.9 Å². The molecule has 0 bridgehead atoms. The van der Waals surface area contributed by atoms with E-state index in [1.54, 1.807) is 25.3 Å². The molecule has 0 amide bonds. The predicted octanol–water partition coefficient (Wildman–Crippen LogP) is 9.06. The van der Waals surface area contributed by atoms with Gasteiger partial charge < -0.3 is 14.4 Å². The van der Waals surface area contributed by atoms with E-state index >= 15 is 0 Å². The third-order valence-corrected chi connectivity index (χ3v) is 9.71. The van der Waals surface area contributed by atoms with Crippen LogP contribution in [0.15, 0.2) is 93.7 Å². The fourth-order valence-electron chi connectivity index (χ4n) is 7.15. The summed E-state index contributed by atoms with van der Waals surface area (Å²) in [6.07, 6.45) is 2.27. The number of carbonyl (C=O) groups is 2. The lowest BCUT2D eigenvalue weighted by Crippen LogP contribution is -2.44. The zero-order valence-electron chi connectivity index (χ0n) is 26.5. The summed E-state index contributed by atoms with van der Waals surface area (Å²) in [6.45, 7) is 9.19. The number of hydrogen-bond donors (Lipinski definition) is 0. The Morgan fingerprint density at radius 2 is 1.42 bits per heavy atom. The van der Waals surface area contributed by atoms with Gasteiger partial charge in [-0.2, -0.15) is 0 Å². The van der Waals surface area contributed by atoms with Crippen LogP contribution in [0.4, 0.5) is 4.39 Å². The summed E-state index contributed by atoms with van der Waals surface area (Å²) < 4.78 is 26.8. The fraction of sp³-hybridized carbons (Fsp3) is 0.368. The number of nitrogens with zero attached hydrogens (tertiary/aromatic N) is 1. The van der Waals surface area contributed by atoms with Gasteiger partial charge in [-0.05, 0) is 68.9 Å². The minimum atomic E-state index is -0.528. The van der Waals surface area contributed by atoms with E-state index in [1.807, 2.05) is 30.3 Å². The van der Waals surface area contributed by atoms with E-state index in [9.17, 15) is 14.0 Å². The van der Waals surface area contributed by atoms with Crippen LogP contribution in [-0.4, -0.2) is 23.6 Å². The van der Waals surface area contributed by atoms with Gasteiger partial charge in [0.2, 0.25) is 0 Å². The number of halogens is 2. The normalized spacial score (nSPS) is 19.4. The molecule has 234 valence electrons. The molecule has 3 aromatic carbocycles. The van der Waals surface area contributed by atoms with Crippen molar-refractivity contribution in [1.82, 2.24) is 4.90 Å². The first-order valence-corrected chi connectivity index (χ1v) is 16.2. The van der Waals surface area contributed by atoms with Crippen molar-refractivity contribution in [2.75, 3.05) is 7.11 Å². The topological polar surface area (TPSA) is 55.8 Å². The van der Waals surface area contributed by atoms with Crippen molar-refractivity contribution >= 4 is 27.5 Å². The highest BCUT2D eigenvalue weighted by Crippen LogP contribution is 2.55. The first kappa shape index (κ1) is 31.3. The van der Waals surface area contributed by atoms with Gasteiger partial charge in [0.25, 0.3) is 0 Å². The summed E-state index contributed by atoms with van der Waals surface area (Å²) in [5.74, 6) is 0.149. The van der Waals surface area contributed by atoms with Gasteiger partial charge in [0.05, 0.1) is 11.6 Å². The molecule has 1 heterocycles. The Labute approximate surface area is 273 Å². The van der Waals surface area contributed by atoms with Crippen LogP contribution in [0.5, 0.6) is 11.5 Å². The number of carbonyl (C=O) groups excluding carboxylic acids is 2. The Hall–Kier alpha value is -3.71. The van der Waals surface area contributed by atoms with Crippen molar-refractivity contribution in [3.05, 3.63) is 116 Å². The summed E-state index contributed by atoms with van der Waals surface area (Å²) in [5.41, 5.74) is 5.32. The molecule has 0 N–H and O–H groups in total. The standard InChI is InChI=1S/C38H39BrFNO4/c1-37(2)17-28-34(30(42)19-37)33(25-15-26(39)36(32(16-25)44-5)45-22-24-13-9-10-14-27(24)40)35-29(18-38(3,4)20-31(35)43)41(28)21-23-11-7-6-8-12-23/h6-16,33H,17-22H2,1-5H3. The number of hydrogen-bond acceptors (Lipinski definition) is 5. The minimum Gasteiger partial charge on any atom is -0.493 e. The third kappa shape index (κ3) is 6.11. The van der Waals surface area contributed by atoms with Gasteiger partial charge in [-0.1, -0.05) is 76.2 Å². The van der Waals surface area contributed by atoms with Crippen molar-refractivity contribution in [2.45, 2.75) is 72.4 Å². The highest BCUT2D eigenvalue weighted by atomic mass is 79.9. The average Bonchev–Trinajstić information content (AvgIpc) is 2.97. The molecule has 7 heteroatoms. The van der Waals surface area contributed by atoms with Gasteiger partial charge in [-0.3, -0.25) is 9.59 Å². The highest BCUT2D eigenvalue weighted by molar-refractivity contribution is 9.10. The molecule has 0 aromatic heterocycles. The van der Waals surface area contributed by atoms with Crippen LogP contribution < -0.4 is 9.47 Å². The maximum Gasteiger partial charge on any atom is 0.175 e. The second-order valence-electron chi connectivity index (χ2n) is 14.0. The second kappa shape index (κ2) is 11.9. The highest BCUT2D eigenvalue weighted by Gasteiger charge is 2.49. The van der Waals surface area contributed by atoms with Gasteiger partial charge in [-0.15, -0.1) is 0 Å². The predicted molar refractivity (Wildman–Crippen MR) is 176 cm³/mol. The first-order valence-electron chi connectivity index (χ1n) is 15.4. The van der Waals surface area contributed by atoms with Crippen LogP contribution in [0.1, 0.15) is 76.0 Å². The summed E-state index contributed by atoms with van der Waals surface area (Å²) in [5, 5.41) is 0. The number of Topliss-reactive ketones (excluding diaryl/α,β-unsaturated/α-hetero) is 2. The van der Waals surface area contributed by atoms with E-state index in [0.717, 1.165) is 35.4 Å². The molecule has 0 atom stereocenters. The summed E-state index contributed by atoms with van der Waals surface area (Å²) in [4.78, 5) is 30.7. The molecule has 0 fully saturated rings. The van der Waals surface area contributed by atoms with E-state index in [4.69, 9.17) is 9.47 Å². The zero-order valence-corrected chi connectivity index (χ0v) is 28.1. The van der Waals surface area contributed by atoms with E-state index in [-0.39, 0.29) is 34.8 Å². The summed E-state index contributed by atoms with van der Waals surface area (Å²) in [7, 11) is 1.56. The minimum absolute atomic E-state index is 0.0184. The first-order chi connectivity index (χ1) is 21.4. The molecule has 0 saturated carbocycles. The second-order valence-corrected chi connectivity index (χ2v) is 14.9. The summed E-state index contributed by atoms with van der Waals surface area (Å²) >= 11 is 3.68. The van der Waals surface area contributed by atoms with E-state index in [0.29, 0.717) is 52.1 Å². The maximum atomic E-state index is 14.3. The lowest BCUT2D eigenvalue weighted by atomic mass is 9.63. The Balaban J connectivity index is 1.51. The largest absolute Gasteiger partial charge is 0.493 e. The van der Waals surface area contributed by atoms with Gasteiger partial charge >= 0.3 is 0 Å². The number of benzene rings is 3. The van der Waals surface area contributed by atoms with Crippen molar-refractivity contribution < 1.29 is 23.5 Å². The lowest BCUT2D eigenvalue weighted by molar-refractivity contribution is -0.119. The summed E-state index contributed by atoms with van der Waals surface area (Å²) in [6, 6.07) is 20.5. The molecule has 5 nitrogen and oxygen atoms in total. The molecule has 2 aliphatic carbocycles. The van der Waals surface area contributed by atoms with E-state index in [1.165, 1.54) is 6.07 Å². The third-order valence-electron chi connectivity index (χ3n) is 9.12. The van der Waals surface area contributed by atoms with E-state index < -0.39 is 5.92 Å². The van der Waals surface area contributed by atoms with Crippen LogP contribution in [0.2, 0.25) is 0 Å². The van der Waals surface area contributed by atoms with E-state index in [2.05, 4.69) is 60.7 Å². The fourth-order valence-corrected chi connectivity index (χ4v) is 7.72. The maximum absolute atomic E-state index is 14.3. The molecule has 0 spiro atoms. The number of ketones is 2. The molecule has 3 aliphatic rings. The molecule has 45 heavy (non-hydrogen) atoms. The Morgan fingerprint density at radius 3 is 2.00 bits per heavy atom. The number of rotatable bonds is 7. The van der Waals surface area contributed by atoms with Gasteiger partial charge in [0.1, 0.15) is 12.4 Å². The Kier molecular flexibility index (Phi) is 8.27. The van der Waals surface area contributed by atoms with Gasteiger partial charge in [0.15, 0.2) is 23.1 Å². The van der Waals surface area contributed by atoms with Crippen LogP contribution in [-0.2, 0) is 22.7 Å². The van der Waals surface area contributed by atoms with Crippen molar-refractivity contribution in [3.63, 3.8) is 0 Å². The Bertz CT molecular complexity index is 1690. The average molecular weight is 673 g/mol. The lowest BCUT2D eigenvalue weighted by Gasteiger charge is -2.49. The molecule has 1 aliphatic heterocycles. The SMILES string of the molecule is COc1cc(C2C3=C(CC(C)(C)CC3=O)N(Cc3ccccc3)C3=C2C(=O)CC(C)(C)C3)cc(Br)c1OCc1ccccc1F. The van der Waals surface area contributed by atoms with Crippen molar-refractivity contribution in [3.8, 4) is 11.5 Å². The van der Waals surface area contributed by atoms with Gasteiger partial charge in [0, 0.05) is 53.4 Å². The van der Waals surface area contributed by atoms with Crippen LogP contribution in [0.3, 0.4) is 0 Å². The quantitative estimate of drug-likeness (QED) is 0.251. The Morgan fingerprint density at radius 1 is 0.844 bits per heavy atom. The van der Waals surface area contributed by atoms with Gasteiger partial charge in [-0.25, -0.2) is 4.39 Å². The number of methoxy groups -OCH3 is 1. The van der Waals surface area contributed by atoms with Crippen molar-refractivity contribution in [2.24, 2.45) is 10.8 Å². The molecular weight excluding hydrogens is 633 g/mol. The number of ether oxygens (including phenoxy) is 2.